The van der Waals surface area contributed by atoms with Crippen molar-refractivity contribution in [2.45, 2.75) is 46.7 Å². The van der Waals surface area contributed by atoms with E-state index in [1.54, 1.807) is 0 Å². The highest BCUT2D eigenvalue weighted by Crippen LogP contribution is 2.12. The highest BCUT2D eigenvalue weighted by molar-refractivity contribution is 7.99. The number of hydrogen-bond acceptors (Lipinski definition) is 3. The molecule has 1 aromatic rings. The van der Waals surface area contributed by atoms with Crippen molar-refractivity contribution in [3.8, 4) is 0 Å². The second-order valence-corrected chi connectivity index (χ2v) is 5.42. The quantitative estimate of drug-likeness (QED) is 0.795. The zero-order valence-electron chi connectivity index (χ0n) is 10.8. The van der Waals surface area contributed by atoms with Gasteiger partial charge in [-0.05, 0) is 26.0 Å². The third-order valence-corrected chi connectivity index (χ3v) is 3.45. The van der Waals surface area contributed by atoms with Crippen molar-refractivity contribution in [3.05, 3.63) is 11.9 Å². The fraction of sp³-hybridized carbons (Fsp3) is 0.750. The van der Waals surface area contributed by atoms with Gasteiger partial charge in [0, 0.05) is 24.5 Å². The van der Waals surface area contributed by atoms with Crippen LogP contribution in [-0.2, 0) is 6.54 Å². The summed E-state index contributed by atoms with van der Waals surface area (Å²) in [4.78, 5) is 4.52. The minimum Gasteiger partial charge on any atom is -0.352 e. The van der Waals surface area contributed by atoms with Crippen LogP contribution in [0.1, 0.15) is 32.9 Å². The average Bonchev–Trinajstić information content (AvgIpc) is 2.56. The van der Waals surface area contributed by atoms with Crippen molar-refractivity contribution in [2.75, 3.05) is 16.8 Å². The van der Waals surface area contributed by atoms with Crippen molar-refractivity contribution in [2.24, 2.45) is 0 Å². The molecular formula is C12H23N3S. The SMILES string of the molecule is CCCn1cc(C)nc1NC(C)CSCC. The van der Waals surface area contributed by atoms with Crippen LogP contribution in [-0.4, -0.2) is 27.1 Å². The number of nitrogens with one attached hydrogen (secondary N) is 1. The van der Waals surface area contributed by atoms with Crippen LogP contribution in [0.15, 0.2) is 6.20 Å². The molecular weight excluding hydrogens is 218 g/mol. The van der Waals surface area contributed by atoms with Crippen LogP contribution in [0.2, 0.25) is 0 Å². The first-order chi connectivity index (χ1) is 7.67. The van der Waals surface area contributed by atoms with Crippen LogP contribution in [0.25, 0.3) is 0 Å². The molecule has 1 atom stereocenters. The largest absolute Gasteiger partial charge is 0.352 e. The van der Waals surface area contributed by atoms with E-state index in [9.17, 15) is 0 Å². The predicted octanol–water partition coefficient (Wildman–Crippen LogP) is 3.16. The molecule has 0 aliphatic rings. The fourth-order valence-corrected chi connectivity index (χ4v) is 2.30. The van der Waals surface area contributed by atoms with E-state index in [0.717, 1.165) is 30.4 Å². The molecule has 1 aromatic heterocycles. The predicted molar refractivity (Wildman–Crippen MR) is 73.3 cm³/mol. The van der Waals surface area contributed by atoms with Gasteiger partial charge in [0.05, 0.1) is 5.69 Å². The second-order valence-electron chi connectivity index (χ2n) is 4.10. The number of rotatable bonds is 7. The standard InChI is InChI=1S/C12H23N3S/c1-5-7-15-8-10(3)13-12(15)14-11(4)9-16-6-2/h8,11H,5-7,9H2,1-4H3,(H,13,14). The Hall–Kier alpha value is -0.640. The smallest absolute Gasteiger partial charge is 0.203 e. The van der Waals surface area contributed by atoms with Crippen molar-refractivity contribution < 1.29 is 0 Å². The summed E-state index contributed by atoms with van der Waals surface area (Å²) in [7, 11) is 0. The summed E-state index contributed by atoms with van der Waals surface area (Å²) in [5.74, 6) is 3.33. The van der Waals surface area contributed by atoms with Gasteiger partial charge in [0.2, 0.25) is 5.95 Å². The molecule has 0 amide bonds. The van der Waals surface area contributed by atoms with Gasteiger partial charge in [-0.15, -0.1) is 0 Å². The van der Waals surface area contributed by atoms with E-state index in [-0.39, 0.29) is 0 Å². The Kier molecular flexibility index (Phi) is 5.74. The molecule has 1 heterocycles. The molecule has 1 unspecified atom stereocenters. The van der Waals surface area contributed by atoms with Crippen LogP contribution in [0.5, 0.6) is 0 Å². The summed E-state index contributed by atoms with van der Waals surface area (Å²) in [6, 6.07) is 0.474. The van der Waals surface area contributed by atoms with E-state index < -0.39 is 0 Å². The minimum absolute atomic E-state index is 0.474. The van der Waals surface area contributed by atoms with E-state index in [2.05, 4.69) is 41.8 Å². The lowest BCUT2D eigenvalue weighted by molar-refractivity contribution is 0.676. The second kappa shape index (κ2) is 6.84. The maximum atomic E-state index is 4.52. The Morgan fingerprint density at radius 1 is 1.50 bits per heavy atom. The van der Waals surface area contributed by atoms with Gasteiger partial charge in [-0.25, -0.2) is 4.98 Å². The first-order valence-corrected chi connectivity index (χ1v) is 7.20. The number of hydrogen-bond donors (Lipinski definition) is 1. The molecule has 92 valence electrons. The summed E-state index contributed by atoms with van der Waals surface area (Å²) < 4.78 is 2.21. The summed E-state index contributed by atoms with van der Waals surface area (Å²) in [5.41, 5.74) is 1.09. The lowest BCUT2D eigenvalue weighted by Crippen LogP contribution is -2.21. The van der Waals surface area contributed by atoms with Gasteiger partial charge >= 0.3 is 0 Å². The number of imidazole rings is 1. The van der Waals surface area contributed by atoms with E-state index in [4.69, 9.17) is 0 Å². The molecule has 0 aromatic carbocycles. The molecule has 0 saturated heterocycles. The molecule has 16 heavy (non-hydrogen) atoms. The zero-order chi connectivity index (χ0) is 12.0. The van der Waals surface area contributed by atoms with Crippen LogP contribution in [0.4, 0.5) is 5.95 Å². The molecule has 0 bridgehead atoms. The lowest BCUT2D eigenvalue weighted by Gasteiger charge is -2.15. The Balaban J connectivity index is 2.57. The molecule has 0 fully saturated rings. The number of anilines is 1. The zero-order valence-corrected chi connectivity index (χ0v) is 11.6. The average molecular weight is 241 g/mol. The molecule has 0 aliphatic heterocycles. The molecule has 1 rings (SSSR count). The van der Waals surface area contributed by atoms with Crippen molar-refractivity contribution in [1.82, 2.24) is 9.55 Å². The fourth-order valence-electron chi connectivity index (χ4n) is 1.63. The van der Waals surface area contributed by atoms with Crippen LogP contribution in [0.3, 0.4) is 0 Å². The minimum atomic E-state index is 0.474. The summed E-state index contributed by atoms with van der Waals surface area (Å²) in [6.07, 6.45) is 3.26. The molecule has 0 aliphatic carbocycles. The molecule has 0 radical (unpaired) electrons. The number of aromatic nitrogens is 2. The Morgan fingerprint density at radius 2 is 2.25 bits per heavy atom. The monoisotopic (exact) mass is 241 g/mol. The van der Waals surface area contributed by atoms with Gasteiger partial charge < -0.3 is 9.88 Å². The van der Waals surface area contributed by atoms with Gasteiger partial charge in [0.15, 0.2) is 0 Å². The van der Waals surface area contributed by atoms with E-state index in [1.807, 2.05) is 18.7 Å². The summed E-state index contributed by atoms with van der Waals surface area (Å²) in [6.45, 7) is 9.68. The number of thioether (sulfide) groups is 1. The molecule has 0 spiro atoms. The van der Waals surface area contributed by atoms with Crippen LogP contribution in [0, 0.1) is 6.92 Å². The Morgan fingerprint density at radius 3 is 2.88 bits per heavy atom. The van der Waals surface area contributed by atoms with Crippen LogP contribution >= 0.6 is 11.8 Å². The molecule has 3 nitrogen and oxygen atoms in total. The topological polar surface area (TPSA) is 29.9 Å². The van der Waals surface area contributed by atoms with Gasteiger partial charge in [-0.2, -0.15) is 11.8 Å². The maximum absolute atomic E-state index is 4.52. The lowest BCUT2D eigenvalue weighted by atomic mass is 10.4. The van der Waals surface area contributed by atoms with E-state index in [0.29, 0.717) is 6.04 Å². The van der Waals surface area contributed by atoms with Gasteiger partial charge in [-0.1, -0.05) is 13.8 Å². The normalized spacial score (nSPS) is 12.8. The van der Waals surface area contributed by atoms with E-state index in [1.165, 1.54) is 5.75 Å². The molecule has 4 heteroatoms. The van der Waals surface area contributed by atoms with E-state index >= 15 is 0 Å². The molecule has 1 N–H and O–H groups in total. The highest BCUT2D eigenvalue weighted by atomic mass is 32.2. The van der Waals surface area contributed by atoms with Gasteiger partial charge in [0.1, 0.15) is 0 Å². The Labute approximate surface area is 103 Å². The number of nitrogens with zero attached hydrogens (tertiary/aromatic N) is 2. The van der Waals surface area contributed by atoms with Crippen molar-refractivity contribution in [3.63, 3.8) is 0 Å². The molecule has 0 saturated carbocycles. The van der Waals surface area contributed by atoms with Gasteiger partial charge in [-0.3, -0.25) is 0 Å². The first kappa shape index (κ1) is 13.4. The summed E-state index contributed by atoms with van der Waals surface area (Å²) >= 11 is 1.96. The summed E-state index contributed by atoms with van der Waals surface area (Å²) in [5, 5.41) is 3.48. The van der Waals surface area contributed by atoms with Crippen molar-refractivity contribution >= 4 is 17.7 Å². The first-order valence-electron chi connectivity index (χ1n) is 6.05. The number of aryl methyl sites for hydroxylation is 2. The van der Waals surface area contributed by atoms with Gasteiger partial charge in [0.25, 0.3) is 0 Å². The Bertz CT molecular complexity index is 309. The maximum Gasteiger partial charge on any atom is 0.203 e. The third-order valence-electron chi connectivity index (χ3n) is 2.31. The highest BCUT2D eigenvalue weighted by Gasteiger charge is 2.08. The van der Waals surface area contributed by atoms with Crippen LogP contribution < -0.4 is 5.32 Å². The third kappa shape index (κ3) is 4.08. The van der Waals surface area contributed by atoms with Crippen molar-refractivity contribution in [1.29, 1.82) is 0 Å².